The molecule has 1 aromatic carbocycles. The maximum Gasteiger partial charge on any atom is 0.261 e. The summed E-state index contributed by atoms with van der Waals surface area (Å²) in [6.45, 7) is 0. The number of benzene rings is 1. The molecule has 172 valence electrons. The molecular formula is C25H19ClFN3O3S. The van der Waals surface area contributed by atoms with Gasteiger partial charge in [-0.15, -0.1) is 11.3 Å². The molecular weight excluding hydrogens is 477 g/mol. The summed E-state index contributed by atoms with van der Waals surface area (Å²) in [5.41, 5.74) is 2.35. The second-order valence-corrected chi connectivity index (χ2v) is 10.3. The van der Waals surface area contributed by atoms with Crippen LogP contribution < -0.4 is 10.6 Å². The normalized spacial score (nSPS) is 20.5. The van der Waals surface area contributed by atoms with Crippen LogP contribution in [0.3, 0.4) is 0 Å². The van der Waals surface area contributed by atoms with Crippen LogP contribution in [0.5, 0.6) is 0 Å². The Hall–Kier alpha value is -3.23. The number of amides is 2. The average molecular weight is 496 g/mol. The first kappa shape index (κ1) is 21.3. The van der Waals surface area contributed by atoms with E-state index in [2.05, 4.69) is 15.6 Å². The fraction of sp³-hybridized carbons (Fsp3) is 0.240. The van der Waals surface area contributed by atoms with Gasteiger partial charge in [0.1, 0.15) is 16.7 Å². The predicted molar refractivity (Wildman–Crippen MR) is 129 cm³/mol. The van der Waals surface area contributed by atoms with Crippen LogP contribution in [-0.4, -0.2) is 29.4 Å². The molecule has 7 rings (SSSR count). The number of nitrogens with zero attached hydrogens (tertiary/aromatic N) is 1. The molecule has 3 aliphatic rings. The van der Waals surface area contributed by atoms with Crippen molar-refractivity contribution in [3.63, 3.8) is 0 Å². The van der Waals surface area contributed by atoms with Crippen molar-refractivity contribution in [2.75, 3.05) is 7.05 Å². The molecule has 0 spiro atoms. The first-order valence-electron chi connectivity index (χ1n) is 10.9. The van der Waals surface area contributed by atoms with Crippen molar-refractivity contribution < 1.29 is 18.4 Å². The minimum absolute atomic E-state index is 0.0000226. The lowest BCUT2D eigenvalue weighted by Gasteiger charge is -2.61. The molecule has 0 unspecified atom stereocenters. The van der Waals surface area contributed by atoms with Crippen LogP contribution in [0.15, 0.2) is 46.2 Å². The second kappa shape index (κ2) is 7.65. The molecule has 3 aliphatic carbocycles. The van der Waals surface area contributed by atoms with Gasteiger partial charge in [-0.1, -0.05) is 11.6 Å². The van der Waals surface area contributed by atoms with Crippen molar-refractivity contribution in [2.45, 2.75) is 24.8 Å². The topological polar surface area (TPSA) is 84.2 Å². The van der Waals surface area contributed by atoms with Crippen molar-refractivity contribution in [3.8, 4) is 22.5 Å². The fourth-order valence-corrected chi connectivity index (χ4v) is 5.93. The van der Waals surface area contributed by atoms with Crippen LogP contribution in [0, 0.1) is 11.7 Å². The van der Waals surface area contributed by atoms with Crippen LogP contribution in [-0.2, 0) is 0 Å². The molecule has 0 saturated heterocycles. The second-order valence-electron chi connectivity index (χ2n) is 8.98. The minimum atomic E-state index is -0.392. The Labute approximate surface area is 203 Å². The Balaban J connectivity index is 1.41. The van der Waals surface area contributed by atoms with Gasteiger partial charge in [-0.3, -0.25) is 9.59 Å². The van der Waals surface area contributed by atoms with E-state index in [0.29, 0.717) is 21.4 Å². The maximum absolute atomic E-state index is 13.4. The molecule has 4 aromatic rings. The first-order chi connectivity index (χ1) is 16.4. The summed E-state index contributed by atoms with van der Waals surface area (Å²) in [6, 6.07) is 9.21. The Bertz CT molecular complexity index is 1460. The van der Waals surface area contributed by atoms with Crippen LogP contribution in [0.4, 0.5) is 4.39 Å². The highest BCUT2D eigenvalue weighted by atomic mass is 35.5. The van der Waals surface area contributed by atoms with E-state index in [1.54, 1.807) is 12.1 Å². The molecule has 3 fully saturated rings. The van der Waals surface area contributed by atoms with Crippen LogP contribution >= 0.6 is 22.9 Å². The van der Waals surface area contributed by atoms with Crippen molar-refractivity contribution in [1.82, 2.24) is 15.6 Å². The van der Waals surface area contributed by atoms with E-state index in [9.17, 15) is 14.0 Å². The summed E-state index contributed by atoms with van der Waals surface area (Å²) >= 11 is 7.84. The summed E-state index contributed by atoms with van der Waals surface area (Å²) in [5, 5.41) is 8.32. The quantitative estimate of drug-likeness (QED) is 0.350. The number of carbonyl (C=O) groups is 2. The number of nitrogens with one attached hydrogen (secondary N) is 2. The lowest BCUT2D eigenvalue weighted by atomic mass is 9.50. The fourth-order valence-electron chi connectivity index (χ4n) is 4.89. The zero-order valence-electron chi connectivity index (χ0n) is 18.1. The van der Waals surface area contributed by atoms with Crippen molar-refractivity contribution >= 4 is 45.9 Å². The summed E-state index contributed by atoms with van der Waals surface area (Å²) in [5.74, 6) is 0.222. The van der Waals surface area contributed by atoms with Crippen molar-refractivity contribution in [1.29, 1.82) is 0 Å². The molecule has 3 heterocycles. The Morgan fingerprint density at radius 1 is 1.15 bits per heavy atom. The van der Waals surface area contributed by atoms with E-state index in [0.717, 1.165) is 30.7 Å². The largest absolute Gasteiger partial charge is 0.437 e. The maximum atomic E-state index is 13.4. The lowest BCUT2D eigenvalue weighted by Crippen LogP contribution is -2.68. The average Bonchev–Trinajstić information content (AvgIpc) is 3.39. The van der Waals surface area contributed by atoms with Crippen molar-refractivity contribution in [3.05, 3.63) is 63.2 Å². The number of aromatic nitrogens is 1. The Kier molecular flexibility index (Phi) is 4.79. The number of furan rings is 1. The van der Waals surface area contributed by atoms with Gasteiger partial charge in [-0.25, -0.2) is 9.37 Å². The molecule has 0 atom stereocenters. The monoisotopic (exact) mass is 495 g/mol. The van der Waals surface area contributed by atoms with Gasteiger partial charge < -0.3 is 15.1 Å². The van der Waals surface area contributed by atoms with E-state index in [-0.39, 0.29) is 39.5 Å². The molecule has 9 heteroatoms. The van der Waals surface area contributed by atoms with Gasteiger partial charge >= 0.3 is 0 Å². The third kappa shape index (κ3) is 3.32. The molecule has 3 saturated carbocycles. The predicted octanol–water partition coefficient (Wildman–Crippen LogP) is 5.66. The number of carbonyl (C=O) groups excluding carboxylic acids is 2. The van der Waals surface area contributed by atoms with E-state index in [1.165, 1.54) is 42.6 Å². The van der Waals surface area contributed by atoms with Gasteiger partial charge in [-0.05, 0) is 72.5 Å². The molecule has 3 aromatic heterocycles. The third-order valence-corrected chi connectivity index (χ3v) is 7.96. The van der Waals surface area contributed by atoms with Gasteiger partial charge in [-0.2, -0.15) is 0 Å². The highest BCUT2D eigenvalue weighted by Gasteiger charge is 2.57. The zero-order chi connectivity index (χ0) is 23.6. The van der Waals surface area contributed by atoms with E-state index in [4.69, 9.17) is 16.0 Å². The number of fused-ring (bicyclic) bond motifs is 1. The highest BCUT2D eigenvalue weighted by molar-refractivity contribution is 7.12. The zero-order valence-corrected chi connectivity index (χ0v) is 19.6. The first-order valence-corrected chi connectivity index (χ1v) is 12.1. The van der Waals surface area contributed by atoms with Gasteiger partial charge in [0.15, 0.2) is 0 Å². The van der Waals surface area contributed by atoms with Gasteiger partial charge in [0, 0.05) is 23.7 Å². The van der Waals surface area contributed by atoms with Gasteiger partial charge in [0.25, 0.3) is 11.8 Å². The number of pyridine rings is 1. The Morgan fingerprint density at radius 3 is 2.53 bits per heavy atom. The summed E-state index contributed by atoms with van der Waals surface area (Å²) in [6.07, 6.45) is 3.22. The molecule has 0 radical (unpaired) electrons. The number of hydrogen-bond acceptors (Lipinski definition) is 5. The highest BCUT2D eigenvalue weighted by Crippen LogP contribution is 2.57. The smallest absolute Gasteiger partial charge is 0.261 e. The van der Waals surface area contributed by atoms with Crippen LogP contribution in [0.2, 0.25) is 5.15 Å². The standard InChI is InChI=1S/C25H19ClFN3O3S/c1-28-23(32)19-17-7-16(14-6-18(34-11-14)22(31)30-25-8-12(9-25)10-25)21(26)29-24(17)33-20(19)13-2-4-15(27)5-3-13/h2-7,11-12H,8-10H2,1H3,(H,28,32)(H,30,31). The molecule has 6 nitrogen and oxygen atoms in total. The number of hydrogen-bond donors (Lipinski definition) is 2. The Morgan fingerprint density at radius 2 is 1.88 bits per heavy atom. The van der Waals surface area contributed by atoms with E-state index < -0.39 is 5.82 Å². The van der Waals surface area contributed by atoms with E-state index >= 15 is 0 Å². The summed E-state index contributed by atoms with van der Waals surface area (Å²) in [4.78, 5) is 30.5. The van der Waals surface area contributed by atoms with Crippen molar-refractivity contribution in [2.24, 2.45) is 5.92 Å². The molecule has 0 aliphatic heterocycles. The van der Waals surface area contributed by atoms with E-state index in [1.807, 2.05) is 5.38 Å². The van der Waals surface area contributed by atoms with Gasteiger partial charge in [0.2, 0.25) is 5.71 Å². The molecule has 2 amide bonds. The number of halogens is 2. The SMILES string of the molecule is CNC(=O)c1c(-c2ccc(F)cc2)oc2nc(Cl)c(-c3csc(C(=O)NC45CC(C4)C5)c3)cc12. The number of thiophene rings is 1. The van der Waals surface area contributed by atoms with Gasteiger partial charge in [0.05, 0.1) is 15.8 Å². The minimum Gasteiger partial charge on any atom is -0.437 e. The molecule has 2 bridgehead atoms. The van der Waals surface area contributed by atoms with Crippen LogP contribution in [0.1, 0.15) is 39.3 Å². The molecule has 34 heavy (non-hydrogen) atoms. The molecule has 2 N–H and O–H groups in total. The lowest BCUT2D eigenvalue weighted by molar-refractivity contribution is -0.0437. The van der Waals surface area contributed by atoms with Crippen LogP contribution in [0.25, 0.3) is 33.6 Å². The summed E-state index contributed by atoms with van der Waals surface area (Å²) < 4.78 is 19.3. The number of rotatable bonds is 5. The third-order valence-electron chi connectivity index (χ3n) is 6.75. The summed E-state index contributed by atoms with van der Waals surface area (Å²) in [7, 11) is 1.52.